The number of nitrogens with zero attached hydrogens (tertiary/aromatic N) is 2. The largest absolute Gasteiger partial charge is 0.364 e. The van der Waals surface area contributed by atoms with Gasteiger partial charge in [0.05, 0.1) is 11.9 Å². The maximum atomic E-state index is 11.6. The van der Waals surface area contributed by atoms with Crippen LogP contribution in [0.4, 0.5) is 5.69 Å². The zero-order valence-electron chi connectivity index (χ0n) is 10.9. The molecule has 1 aromatic rings. The lowest BCUT2D eigenvalue weighted by Gasteiger charge is -2.40. The van der Waals surface area contributed by atoms with Crippen LogP contribution in [0, 0.1) is 0 Å². The minimum Gasteiger partial charge on any atom is -0.364 e. The smallest absolute Gasteiger partial charge is 0.285 e. The Morgan fingerprint density at radius 2 is 2.21 bits per heavy atom. The number of hydrogen-bond acceptors (Lipinski definition) is 4. The highest BCUT2D eigenvalue weighted by atomic mass is 35.5. The highest BCUT2D eigenvalue weighted by molar-refractivity contribution is 6.33. The maximum absolute atomic E-state index is 11.6. The number of hydrogen-bond donors (Lipinski definition) is 2. The van der Waals surface area contributed by atoms with Crippen LogP contribution in [0.15, 0.2) is 11.0 Å². The molecular weight excluding hydrogens is 264 g/mol. The van der Waals surface area contributed by atoms with Gasteiger partial charge in [0, 0.05) is 18.6 Å². The Labute approximate surface area is 117 Å². The number of H-pyrrole nitrogens is 1. The summed E-state index contributed by atoms with van der Waals surface area (Å²) in [5, 5.41) is 10.1. The van der Waals surface area contributed by atoms with E-state index in [1.54, 1.807) is 6.20 Å². The van der Waals surface area contributed by atoms with Crippen molar-refractivity contribution in [1.82, 2.24) is 15.5 Å². The molecule has 5 nitrogen and oxygen atoms in total. The molecule has 2 unspecified atom stereocenters. The first-order valence-electron chi connectivity index (χ1n) is 7.00. The Kier molecular flexibility index (Phi) is 3.75. The molecule has 0 aromatic carbocycles. The Morgan fingerprint density at radius 1 is 1.32 bits per heavy atom. The van der Waals surface area contributed by atoms with Crippen LogP contribution in [0.3, 0.4) is 0 Å². The van der Waals surface area contributed by atoms with Gasteiger partial charge in [-0.1, -0.05) is 11.6 Å². The minimum atomic E-state index is -0.303. The summed E-state index contributed by atoms with van der Waals surface area (Å²) in [6, 6.07) is 0.938. The quantitative estimate of drug-likeness (QED) is 0.864. The Bertz CT molecular complexity index is 498. The van der Waals surface area contributed by atoms with Gasteiger partial charge in [-0.05, 0) is 38.6 Å². The van der Waals surface area contributed by atoms with Crippen LogP contribution >= 0.6 is 11.6 Å². The molecule has 0 radical (unpaired) electrons. The first kappa shape index (κ1) is 12.9. The second-order valence-corrected chi connectivity index (χ2v) is 5.74. The van der Waals surface area contributed by atoms with Crippen LogP contribution < -0.4 is 15.8 Å². The Balaban J connectivity index is 1.91. The van der Waals surface area contributed by atoms with Gasteiger partial charge in [0.25, 0.3) is 5.56 Å². The molecule has 1 aromatic heterocycles. The van der Waals surface area contributed by atoms with E-state index in [2.05, 4.69) is 20.4 Å². The number of aromatic nitrogens is 2. The number of anilines is 1. The molecule has 3 heterocycles. The van der Waals surface area contributed by atoms with Crippen LogP contribution in [-0.4, -0.2) is 35.4 Å². The summed E-state index contributed by atoms with van der Waals surface area (Å²) >= 11 is 6.15. The monoisotopic (exact) mass is 282 g/mol. The van der Waals surface area contributed by atoms with Crippen molar-refractivity contribution in [2.75, 3.05) is 18.0 Å². The SMILES string of the molecule is O=c1[nH]ncc(N2CCCCC2C2CCCN2)c1Cl. The zero-order valence-corrected chi connectivity index (χ0v) is 11.6. The average molecular weight is 283 g/mol. The molecular formula is C13H19ClN4O. The van der Waals surface area contributed by atoms with Crippen molar-refractivity contribution in [3.05, 3.63) is 21.6 Å². The first-order chi connectivity index (χ1) is 9.27. The second-order valence-electron chi connectivity index (χ2n) is 5.36. The molecule has 0 aliphatic carbocycles. The van der Waals surface area contributed by atoms with E-state index in [1.807, 2.05) is 0 Å². The number of nitrogens with one attached hydrogen (secondary N) is 2. The van der Waals surface area contributed by atoms with Gasteiger partial charge < -0.3 is 10.2 Å². The Morgan fingerprint density at radius 3 is 3.00 bits per heavy atom. The molecule has 0 saturated carbocycles. The lowest BCUT2D eigenvalue weighted by molar-refractivity contribution is 0.378. The van der Waals surface area contributed by atoms with Crippen LogP contribution in [0.5, 0.6) is 0 Å². The van der Waals surface area contributed by atoms with Crippen LogP contribution in [-0.2, 0) is 0 Å². The first-order valence-corrected chi connectivity index (χ1v) is 7.38. The van der Waals surface area contributed by atoms with Crippen LogP contribution in [0.1, 0.15) is 32.1 Å². The van der Waals surface area contributed by atoms with Gasteiger partial charge in [-0.2, -0.15) is 5.10 Å². The summed E-state index contributed by atoms with van der Waals surface area (Å²) in [4.78, 5) is 13.9. The van der Waals surface area contributed by atoms with Gasteiger partial charge in [-0.15, -0.1) is 0 Å². The van der Waals surface area contributed by atoms with Gasteiger partial charge >= 0.3 is 0 Å². The standard InChI is InChI=1S/C13H19ClN4O/c14-12-11(8-16-17-13(12)19)18-7-2-1-5-10(18)9-4-3-6-15-9/h8-10,15H,1-7H2,(H,17,19). The lowest BCUT2D eigenvalue weighted by atomic mass is 9.94. The fourth-order valence-corrected chi connectivity index (χ4v) is 3.49. The number of rotatable bonds is 2. The number of piperidine rings is 1. The summed E-state index contributed by atoms with van der Waals surface area (Å²) in [7, 11) is 0. The predicted molar refractivity (Wildman–Crippen MR) is 75.9 cm³/mol. The minimum absolute atomic E-state index is 0.264. The van der Waals surface area contributed by atoms with E-state index in [0.29, 0.717) is 12.1 Å². The zero-order chi connectivity index (χ0) is 13.2. The van der Waals surface area contributed by atoms with Gasteiger partial charge in [0.1, 0.15) is 5.02 Å². The highest BCUT2D eigenvalue weighted by Crippen LogP contribution is 2.31. The van der Waals surface area contributed by atoms with E-state index in [4.69, 9.17) is 11.6 Å². The molecule has 19 heavy (non-hydrogen) atoms. The molecule has 2 N–H and O–H groups in total. The summed E-state index contributed by atoms with van der Waals surface area (Å²) in [5.41, 5.74) is 0.478. The molecule has 2 aliphatic heterocycles. The van der Waals surface area contributed by atoms with Crippen molar-refractivity contribution < 1.29 is 0 Å². The summed E-state index contributed by atoms with van der Waals surface area (Å²) < 4.78 is 0. The molecule has 2 fully saturated rings. The number of halogens is 1. The third kappa shape index (κ3) is 2.49. The van der Waals surface area contributed by atoms with Crippen molar-refractivity contribution >= 4 is 17.3 Å². The third-order valence-corrected chi connectivity index (χ3v) is 4.56. The normalized spacial score (nSPS) is 27.7. The van der Waals surface area contributed by atoms with Gasteiger partial charge in [-0.3, -0.25) is 4.79 Å². The topological polar surface area (TPSA) is 61.0 Å². The van der Waals surface area contributed by atoms with E-state index >= 15 is 0 Å². The van der Waals surface area contributed by atoms with Crippen molar-refractivity contribution in [1.29, 1.82) is 0 Å². The molecule has 2 atom stereocenters. The van der Waals surface area contributed by atoms with Crippen LogP contribution in [0.25, 0.3) is 0 Å². The number of aromatic amines is 1. The molecule has 3 rings (SSSR count). The van der Waals surface area contributed by atoms with E-state index < -0.39 is 0 Å². The Hall–Kier alpha value is -1.07. The molecule has 104 valence electrons. The van der Waals surface area contributed by atoms with E-state index in [-0.39, 0.29) is 10.6 Å². The lowest BCUT2D eigenvalue weighted by Crippen LogP contribution is -2.50. The second kappa shape index (κ2) is 5.51. The maximum Gasteiger partial charge on any atom is 0.285 e. The van der Waals surface area contributed by atoms with Crippen molar-refractivity contribution in [2.24, 2.45) is 0 Å². The summed E-state index contributed by atoms with van der Waals surface area (Å²) in [6.45, 7) is 2.05. The predicted octanol–water partition coefficient (Wildman–Crippen LogP) is 1.53. The molecule has 6 heteroatoms. The molecule has 0 bridgehead atoms. The van der Waals surface area contributed by atoms with E-state index in [1.165, 1.54) is 19.3 Å². The average Bonchev–Trinajstić information content (AvgIpc) is 2.96. The highest BCUT2D eigenvalue weighted by Gasteiger charge is 2.33. The fraction of sp³-hybridized carbons (Fsp3) is 0.692. The van der Waals surface area contributed by atoms with Crippen molar-refractivity contribution in [3.8, 4) is 0 Å². The van der Waals surface area contributed by atoms with Crippen LogP contribution in [0.2, 0.25) is 5.02 Å². The molecule has 2 saturated heterocycles. The summed E-state index contributed by atoms with van der Waals surface area (Å²) in [5.74, 6) is 0. The van der Waals surface area contributed by atoms with E-state index in [9.17, 15) is 4.79 Å². The molecule has 2 aliphatic rings. The van der Waals surface area contributed by atoms with Crippen molar-refractivity contribution in [2.45, 2.75) is 44.2 Å². The fourth-order valence-electron chi connectivity index (χ4n) is 3.29. The molecule has 0 spiro atoms. The van der Waals surface area contributed by atoms with E-state index in [0.717, 1.165) is 31.6 Å². The van der Waals surface area contributed by atoms with Gasteiger partial charge in [0.2, 0.25) is 0 Å². The van der Waals surface area contributed by atoms with Crippen molar-refractivity contribution in [3.63, 3.8) is 0 Å². The van der Waals surface area contributed by atoms with Gasteiger partial charge in [-0.25, -0.2) is 5.10 Å². The van der Waals surface area contributed by atoms with Gasteiger partial charge in [0.15, 0.2) is 0 Å². The molecule has 0 amide bonds. The third-order valence-electron chi connectivity index (χ3n) is 4.20. The summed E-state index contributed by atoms with van der Waals surface area (Å²) in [6.07, 6.45) is 7.66.